The lowest BCUT2D eigenvalue weighted by Gasteiger charge is -2.31. The number of rotatable bonds is 17. The van der Waals surface area contributed by atoms with E-state index in [0.717, 1.165) is 64.6 Å². The van der Waals surface area contributed by atoms with Crippen LogP contribution in [-0.2, 0) is 0 Å². The van der Waals surface area contributed by atoms with Crippen molar-refractivity contribution in [1.29, 1.82) is 0 Å². The number of nitrogens with zero attached hydrogens (tertiary/aromatic N) is 6. The van der Waals surface area contributed by atoms with Crippen molar-refractivity contribution in [2.24, 2.45) is 23.3 Å². The highest BCUT2D eigenvalue weighted by atomic mass is 19.3. The molecule has 0 radical (unpaired) electrons. The van der Waals surface area contributed by atoms with Gasteiger partial charge in [-0.2, -0.15) is 5.10 Å². The van der Waals surface area contributed by atoms with Crippen LogP contribution in [0.5, 0.6) is 0 Å². The van der Waals surface area contributed by atoms with E-state index in [0.29, 0.717) is 35.4 Å². The molecule has 0 unspecified atom stereocenters. The second kappa shape index (κ2) is 15.1. The van der Waals surface area contributed by atoms with Crippen LogP contribution in [0, 0.1) is 11.8 Å². The van der Waals surface area contributed by atoms with Crippen molar-refractivity contribution in [2.75, 3.05) is 38.1 Å². The first kappa shape index (κ1) is 32.0. The van der Waals surface area contributed by atoms with Gasteiger partial charge in [0.15, 0.2) is 11.4 Å². The molecule has 2 aliphatic carbocycles. The molecule has 10 nitrogen and oxygen atoms in total. The minimum absolute atomic E-state index is 0.0184. The van der Waals surface area contributed by atoms with Gasteiger partial charge in [0.25, 0.3) is 12.3 Å². The topological polar surface area (TPSA) is 132 Å². The molecule has 2 fully saturated rings. The summed E-state index contributed by atoms with van der Waals surface area (Å²) >= 11 is 0. The summed E-state index contributed by atoms with van der Waals surface area (Å²) < 4.78 is 36.1. The summed E-state index contributed by atoms with van der Waals surface area (Å²) in [6.45, 7) is 3.52. The number of hydrogen-bond donors (Lipinski definition) is 2. The van der Waals surface area contributed by atoms with Crippen LogP contribution in [0.25, 0.3) is 11.5 Å². The van der Waals surface area contributed by atoms with Gasteiger partial charge in [-0.05, 0) is 95.5 Å². The Labute approximate surface area is 258 Å². The van der Waals surface area contributed by atoms with Gasteiger partial charge in [-0.1, -0.05) is 19.3 Å². The maximum atomic E-state index is 14.5. The van der Waals surface area contributed by atoms with Crippen LogP contribution in [0.1, 0.15) is 99.3 Å². The molecule has 12 heteroatoms. The maximum Gasteiger partial charge on any atom is 0.284 e. The van der Waals surface area contributed by atoms with Crippen molar-refractivity contribution < 1.29 is 18.0 Å². The Balaban J connectivity index is 1.26. The molecule has 0 bridgehead atoms. The van der Waals surface area contributed by atoms with E-state index in [-0.39, 0.29) is 23.3 Å². The first-order chi connectivity index (χ1) is 21.3. The third-order valence-corrected chi connectivity index (χ3v) is 8.91. The fraction of sp³-hybridized carbons (Fsp3) is 0.625. The molecule has 0 spiro atoms. The molecule has 1 amide bonds. The number of amides is 1. The molecule has 5 rings (SSSR count). The van der Waals surface area contributed by atoms with E-state index in [1.165, 1.54) is 31.9 Å². The molecule has 2 saturated carbocycles. The van der Waals surface area contributed by atoms with E-state index in [2.05, 4.69) is 27.0 Å². The molecule has 240 valence electrons. The van der Waals surface area contributed by atoms with Crippen LogP contribution in [0.4, 0.5) is 20.3 Å². The van der Waals surface area contributed by atoms with E-state index in [1.807, 2.05) is 4.90 Å². The van der Waals surface area contributed by atoms with Crippen molar-refractivity contribution in [1.82, 2.24) is 24.6 Å². The number of pyridine rings is 1. The van der Waals surface area contributed by atoms with E-state index in [4.69, 9.17) is 15.9 Å². The van der Waals surface area contributed by atoms with Crippen molar-refractivity contribution in [3.8, 4) is 11.5 Å². The van der Waals surface area contributed by atoms with Gasteiger partial charge in [0.05, 0.1) is 11.7 Å². The molecule has 0 aromatic carbocycles. The molecule has 44 heavy (non-hydrogen) atoms. The average Bonchev–Trinajstić information content (AvgIpc) is 3.50. The van der Waals surface area contributed by atoms with Crippen LogP contribution in [0.15, 0.2) is 35.2 Å². The van der Waals surface area contributed by atoms with Crippen molar-refractivity contribution in [3.05, 3.63) is 42.2 Å². The Bertz CT molecular complexity index is 1350. The molecule has 3 heterocycles. The third kappa shape index (κ3) is 8.41. The van der Waals surface area contributed by atoms with Gasteiger partial charge in [0.1, 0.15) is 12.1 Å². The van der Waals surface area contributed by atoms with Crippen LogP contribution in [0.2, 0.25) is 0 Å². The average molecular weight is 613 g/mol. The summed E-state index contributed by atoms with van der Waals surface area (Å²) in [6.07, 6.45) is 14.0. The summed E-state index contributed by atoms with van der Waals surface area (Å²) in [5, 5.41) is 4.46. The number of alkyl halides is 2. The van der Waals surface area contributed by atoms with E-state index in [1.54, 1.807) is 29.2 Å². The van der Waals surface area contributed by atoms with Gasteiger partial charge in [0, 0.05) is 31.0 Å². The molecule has 0 saturated heterocycles. The summed E-state index contributed by atoms with van der Waals surface area (Å²) in [6, 6.07) is 3.53. The molecule has 4 N–H and O–H groups in total. The normalized spacial score (nSPS) is 18.8. The maximum absolute atomic E-state index is 14.5. The van der Waals surface area contributed by atoms with Gasteiger partial charge in [-0.15, -0.1) is 0 Å². The van der Waals surface area contributed by atoms with Gasteiger partial charge in [0.2, 0.25) is 5.89 Å². The number of primary amides is 1. The summed E-state index contributed by atoms with van der Waals surface area (Å²) in [4.78, 5) is 24.5. The Kier molecular flexibility index (Phi) is 11.0. The Morgan fingerprint density at radius 1 is 1.07 bits per heavy atom. The molecule has 3 aromatic rings. The predicted octanol–water partition coefficient (Wildman–Crippen LogP) is 6.09. The van der Waals surface area contributed by atoms with Gasteiger partial charge in [-0.3, -0.25) is 9.48 Å². The SMILES string of the molecule is CN(CCCCCCCN)CC1CCC(n2cc(N(CC3CC3)c3cc(-c4nc(C(N)=O)co4)ccn3)c(C(F)F)n2)CC1. The van der Waals surface area contributed by atoms with E-state index in [9.17, 15) is 13.6 Å². The second-order valence-corrected chi connectivity index (χ2v) is 12.5. The second-order valence-electron chi connectivity index (χ2n) is 12.5. The summed E-state index contributed by atoms with van der Waals surface area (Å²) in [5.74, 6) is 1.03. The summed E-state index contributed by atoms with van der Waals surface area (Å²) in [5.41, 5.74) is 11.7. The number of hydrogen-bond acceptors (Lipinski definition) is 8. The molecule has 3 aromatic heterocycles. The predicted molar refractivity (Wildman–Crippen MR) is 166 cm³/mol. The van der Waals surface area contributed by atoms with Crippen LogP contribution >= 0.6 is 0 Å². The Hall–Kier alpha value is -3.38. The van der Waals surface area contributed by atoms with Crippen LogP contribution < -0.4 is 16.4 Å². The Morgan fingerprint density at radius 3 is 2.45 bits per heavy atom. The summed E-state index contributed by atoms with van der Waals surface area (Å²) in [7, 11) is 2.21. The first-order valence-corrected chi connectivity index (χ1v) is 16.1. The standard InChI is InChI=1S/C32H46F2N8O2/c1-40(16-6-4-2-3-5-14-35)18-22-9-11-25(12-10-22)42-20-27(29(39-42)30(33)34)41(19-23-7-8-23)28-17-24(13-15-37-28)32-38-26(21-44-32)31(36)43/h13,15,17,20-23,25,30H,2-12,14,16,18-19,35H2,1H3,(H2,36,43). The minimum Gasteiger partial charge on any atom is -0.444 e. The zero-order valence-electron chi connectivity index (χ0n) is 25.7. The molecule has 0 atom stereocenters. The highest BCUT2D eigenvalue weighted by molar-refractivity contribution is 5.90. The highest BCUT2D eigenvalue weighted by Gasteiger charge is 2.32. The molecular weight excluding hydrogens is 566 g/mol. The number of carbonyl (C=O) groups is 1. The van der Waals surface area contributed by atoms with Crippen LogP contribution in [-0.4, -0.2) is 63.8 Å². The Morgan fingerprint density at radius 2 is 1.77 bits per heavy atom. The lowest BCUT2D eigenvalue weighted by molar-refractivity contribution is 0.0995. The van der Waals surface area contributed by atoms with E-state index < -0.39 is 12.3 Å². The number of halogens is 2. The number of aromatic nitrogens is 4. The fourth-order valence-electron chi connectivity index (χ4n) is 6.22. The smallest absolute Gasteiger partial charge is 0.284 e. The van der Waals surface area contributed by atoms with Crippen molar-refractivity contribution >= 4 is 17.4 Å². The van der Waals surface area contributed by atoms with Crippen molar-refractivity contribution in [2.45, 2.75) is 83.1 Å². The van der Waals surface area contributed by atoms with Gasteiger partial charge in [-0.25, -0.2) is 18.7 Å². The molecule has 0 aliphatic heterocycles. The lowest BCUT2D eigenvalue weighted by Crippen LogP contribution is -2.30. The fourth-order valence-corrected chi connectivity index (χ4v) is 6.22. The molecule has 2 aliphatic rings. The number of anilines is 2. The number of carbonyl (C=O) groups excluding carboxylic acids is 1. The zero-order chi connectivity index (χ0) is 31.1. The highest BCUT2D eigenvalue weighted by Crippen LogP contribution is 2.41. The monoisotopic (exact) mass is 612 g/mol. The number of unbranched alkanes of at least 4 members (excludes halogenated alkanes) is 4. The number of oxazole rings is 1. The lowest BCUT2D eigenvalue weighted by atomic mass is 9.86. The minimum atomic E-state index is -2.72. The van der Waals surface area contributed by atoms with Gasteiger partial charge >= 0.3 is 0 Å². The van der Waals surface area contributed by atoms with Gasteiger partial charge < -0.3 is 25.7 Å². The zero-order valence-corrected chi connectivity index (χ0v) is 25.7. The van der Waals surface area contributed by atoms with Crippen LogP contribution in [0.3, 0.4) is 0 Å². The third-order valence-electron chi connectivity index (χ3n) is 8.91. The number of nitrogens with two attached hydrogens (primary N) is 2. The first-order valence-electron chi connectivity index (χ1n) is 16.1. The quantitative estimate of drug-likeness (QED) is 0.175. The van der Waals surface area contributed by atoms with Crippen molar-refractivity contribution in [3.63, 3.8) is 0 Å². The van der Waals surface area contributed by atoms with E-state index >= 15 is 0 Å². The largest absolute Gasteiger partial charge is 0.444 e. The molecular formula is C32H46F2N8O2.